The van der Waals surface area contributed by atoms with Gasteiger partial charge in [-0.15, -0.1) is 0 Å². The number of carbonyl (C=O) groups excluding carboxylic acids is 1. The van der Waals surface area contributed by atoms with Crippen molar-refractivity contribution in [2.45, 2.75) is 52.3 Å². The minimum atomic E-state index is -4.69. The van der Waals surface area contributed by atoms with Crippen molar-refractivity contribution in [2.75, 3.05) is 26.2 Å². The number of rotatable bonds is 7. The van der Waals surface area contributed by atoms with Crippen LogP contribution in [0.3, 0.4) is 0 Å². The number of phosphoric acid groups is 1. The molecule has 0 radical (unpaired) electrons. The van der Waals surface area contributed by atoms with Crippen LogP contribution in [0.5, 0.6) is 0 Å². The molecule has 4 N–H and O–H groups in total. The zero-order valence-electron chi connectivity index (χ0n) is 14.4. The molecule has 4 atom stereocenters. The lowest BCUT2D eigenvalue weighted by Gasteiger charge is -2.17. The highest BCUT2D eigenvalue weighted by Crippen LogP contribution is 2.37. The third-order valence-corrected chi connectivity index (χ3v) is 3.85. The third kappa shape index (κ3) is 9.05. The normalized spacial score (nSPS) is 26.9. The predicted molar refractivity (Wildman–Crippen MR) is 83.9 cm³/mol. The quantitative estimate of drug-likeness (QED) is 0.339. The zero-order chi connectivity index (χ0) is 18.9. The second kappa shape index (κ2) is 11.1. The summed E-state index contributed by atoms with van der Waals surface area (Å²) in [5.41, 5.74) is 0. The van der Waals surface area contributed by atoms with Gasteiger partial charge < -0.3 is 34.4 Å². The van der Waals surface area contributed by atoms with Gasteiger partial charge in [0.05, 0.1) is 6.61 Å². The Morgan fingerprint density at radius 3 is 2.00 bits per heavy atom. The molecule has 0 amide bonds. The molecule has 1 aliphatic rings. The molecular formula is C13H28NO9P. The molecule has 1 rings (SSSR count). The Morgan fingerprint density at radius 2 is 1.67 bits per heavy atom. The van der Waals surface area contributed by atoms with E-state index in [0.29, 0.717) is 0 Å². The predicted octanol–water partition coefficient (Wildman–Crippen LogP) is -0.546. The minimum absolute atomic E-state index is 0.639. The summed E-state index contributed by atoms with van der Waals surface area (Å²) in [6.45, 7) is 10.6. The Hall–Kier alpha value is -0.580. The van der Waals surface area contributed by atoms with E-state index in [0.717, 1.165) is 6.92 Å². The largest absolute Gasteiger partial charge is 0.469 e. The van der Waals surface area contributed by atoms with Gasteiger partial charge in [-0.3, -0.25) is 9.32 Å². The second-order valence-electron chi connectivity index (χ2n) is 5.04. The van der Waals surface area contributed by atoms with Crippen LogP contribution in [0.1, 0.15) is 27.7 Å². The van der Waals surface area contributed by atoms with Gasteiger partial charge in [0, 0.05) is 6.92 Å². The smallest absolute Gasteiger partial charge is 0.454 e. The van der Waals surface area contributed by atoms with Crippen molar-refractivity contribution >= 4 is 13.8 Å². The van der Waals surface area contributed by atoms with Crippen molar-refractivity contribution in [1.29, 1.82) is 0 Å². The lowest BCUT2D eigenvalue weighted by Crippen LogP contribution is -2.37. The first-order valence-electron chi connectivity index (χ1n) is 7.66. The molecule has 0 spiro atoms. The summed E-state index contributed by atoms with van der Waals surface area (Å²) in [5, 5.41) is 18.9. The van der Waals surface area contributed by atoms with Gasteiger partial charge in [0.25, 0.3) is 0 Å². The van der Waals surface area contributed by atoms with Crippen LogP contribution < -0.4 is 0 Å². The van der Waals surface area contributed by atoms with Crippen LogP contribution in [0.4, 0.5) is 0 Å². The fraction of sp³-hybridized carbons (Fsp3) is 0.923. The molecule has 1 saturated heterocycles. The maximum atomic E-state index is 10.7. The molecule has 0 aromatic carbocycles. The maximum Gasteiger partial charge on any atom is 0.469 e. The summed E-state index contributed by atoms with van der Waals surface area (Å²) in [6.07, 6.45) is -5.50. The molecule has 144 valence electrons. The third-order valence-electron chi connectivity index (χ3n) is 3.36. The van der Waals surface area contributed by atoms with Crippen molar-refractivity contribution in [2.24, 2.45) is 0 Å². The molecule has 0 aliphatic carbocycles. The van der Waals surface area contributed by atoms with E-state index in [1.165, 1.54) is 19.6 Å². The first-order chi connectivity index (χ1) is 11.1. The van der Waals surface area contributed by atoms with Gasteiger partial charge in [-0.05, 0) is 19.6 Å². The van der Waals surface area contributed by atoms with Crippen LogP contribution >= 0.6 is 7.82 Å². The first kappa shape index (κ1) is 23.4. The van der Waals surface area contributed by atoms with E-state index in [1.54, 1.807) is 0 Å². The molecule has 0 saturated carbocycles. The van der Waals surface area contributed by atoms with Gasteiger partial charge in [0.2, 0.25) is 0 Å². The summed E-state index contributed by atoms with van der Waals surface area (Å²) >= 11 is 0. The van der Waals surface area contributed by atoms with Crippen molar-refractivity contribution in [1.82, 2.24) is 4.90 Å². The average Bonchev–Trinajstić information content (AvgIpc) is 2.74. The Bertz CT molecular complexity index is 407. The van der Waals surface area contributed by atoms with Gasteiger partial charge >= 0.3 is 13.8 Å². The number of hydrogen-bond donors (Lipinski definition) is 4. The van der Waals surface area contributed by atoms with Crippen LogP contribution in [0, 0.1) is 0 Å². The first-order valence-corrected chi connectivity index (χ1v) is 9.19. The lowest BCUT2D eigenvalue weighted by molar-refractivity contribution is -0.170. The second-order valence-corrected chi connectivity index (χ2v) is 6.27. The molecular weight excluding hydrogens is 345 g/mol. The maximum absolute atomic E-state index is 10.7. The van der Waals surface area contributed by atoms with Crippen LogP contribution in [-0.4, -0.2) is 81.7 Å². The fourth-order valence-electron chi connectivity index (χ4n) is 2.02. The molecule has 10 nitrogen and oxygen atoms in total. The van der Waals surface area contributed by atoms with Gasteiger partial charge in [0.15, 0.2) is 12.4 Å². The van der Waals surface area contributed by atoms with E-state index in [-0.39, 0.29) is 0 Å². The van der Waals surface area contributed by atoms with Crippen molar-refractivity contribution in [3.05, 3.63) is 0 Å². The Labute approximate surface area is 141 Å². The molecule has 24 heavy (non-hydrogen) atoms. The van der Waals surface area contributed by atoms with Crippen LogP contribution in [-0.2, 0) is 23.4 Å². The molecule has 1 fully saturated rings. The van der Waals surface area contributed by atoms with Gasteiger partial charge in [-0.25, -0.2) is 4.57 Å². The minimum Gasteiger partial charge on any atom is -0.454 e. The lowest BCUT2D eigenvalue weighted by atomic mass is 10.1. The highest BCUT2D eigenvalue weighted by molar-refractivity contribution is 7.46. The number of phosphoric ester groups is 1. The summed E-state index contributed by atoms with van der Waals surface area (Å²) in [5.74, 6) is -0.728. The number of hydrogen-bond acceptors (Lipinski definition) is 8. The molecule has 0 aromatic rings. The van der Waals surface area contributed by atoms with E-state index in [2.05, 4.69) is 34.9 Å². The summed E-state index contributed by atoms with van der Waals surface area (Å²) < 4.78 is 23.9. The number of carbonyl (C=O) groups is 1. The van der Waals surface area contributed by atoms with E-state index in [9.17, 15) is 19.6 Å². The molecule has 1 heterocycles. The molecule has 0 bridgehead atoms. The average molecular weight is 373 g/mol. The van der Waals surface area contributed by atoms with Crippen molar-refractivity contribution in [3.63, 3.8) is 0 Å². The van der Waals surface area contributed by atoms with Crippen molar-refractivity contribution < 1.29 is 43.4 Å². The number of aliphatic hydroxyl groups is 2. The number of ether oxygens (including phenoxy) is 2. The fourth-order valence-corrected chi connectivity index (χ4v) is 2.36. The molecule has 1 unspecified atom stereocenters. The summed E-state index contributed by atoms with van der Waals surface area (Å²) in [6, 6.07) is 0. The van der Waals surface area contributed by atoms with Gasteiger partial charge in [-0.1, -0.05) is 20.8 Å². The monoisotopic (exact) mass is 373 g/mol. The SMILES string of the molecule is CC(=O)O[C@H]1C(O)O[C@H](COP(=O)(O)O)[C@H]1O.CCN(CC)CC. The molecule has 0 aromatic heterocycles. The Morgan fingerprint density at radius 1 is 1.17 bits per heavy atom. The molecule has 1 aliphatic heterocycles. The Balaban J connectivity index is 0.000000640. The standard InChI is InChI=1S/C7H13O9P.C6H15N/c1-3(8)15-6-5(9)4(16-7(6)10)2-14-17(11,12)13;1-4-7(5-2)6-3/h4-7,9-10H,2H2,1H3,(H2,11,12,13);4-6H2,1-3H3/t4-,5-,6-,7?;/m1./s1. The van der Waals surface area contributed by atoms with E-state index in [4.69, 9.17) is 14.5 Å². The van der Waals surface area contributed by atoms with Gasteiger partial charge in [0.1, 0.15) is 12.2 Å². The molecule has 11 heteroatoms. The highest BCUT2D eigenvalue weighted by atomic mass is 31.2. The van der Waals surface area contributed by atoms with Crippen LogP contribution in [0.2, 0.25) is 0 Å². The topological polar surface area (TPSA) is 146 Å². The summed E-state index contributed by atoms with van der Waals surface area (Å²) in [4.78, 5) is 29.9. The summed E-state index contributed by atoms with van der Waals surface area (Å²) in [7, 11) is -4.69. The van der Waals surface area contributed by atoms with Crippen LogP contribution in [0.25, 0.3) is 0 Å². The zero-order valence-corrected chi connectivity index (χ0v) is 15.3. The number of aliphatic hydroxyl groups excluding tert-OH is 2. The highest BCUT2D eigenvalue weighted by Gasteiger charge is 2.45. The van der Waals surface area contributed by atoms with Crippen molar-refractivity contribution in [3.8, 4) is 0 Å². The van der Waals surface area contributed by atoms with E-state index in [1.807, 2.05) is 0 Å². The van der Waals surface area contributed by atoms with E-state index < -0.39 is 45.0 Å². The number of esters is 1. The van der Waals surface area contributed by atoms with Gasteiger partial charge in [-0.2, -0.15) is 0 Å². The van der Waals surface area contributed by atoms with E-state index >= 15 is 0 Å². The Kier molecular flexibility index (Phi) is 10.8. The van der Waals surface area contributed by atoms with Crippen LogP contribution in [0.15, 0.2) is 0 Å². The number of nitrogens with zero attached hydrogens (tertiary/aromatic N) is 1.